The van der Waals surface area contributed by atoms with Crippen molar-refractivity contribution in [1.29, 1.82) is 0 Å². The van der Waals surface area contributed by atoms with Crippen LogP contribution in [-0.4, -0.2) is 22.3 Å². The van der Waals surface area contributed by atoms with Gasteiger partial charge in [-0.3, -0.25) is 4.79 Å². The monoisotopic (exact) mass is 286 g/mol. The standard InChI is InChI=1S/C15H30O.C2H4O2/c16-15-13-11-9-7-5-3-1-2-4-6-8-10-12-14-15;1-2(3)4/h15-16H,1-14H2;1H3,(H,3,4). The van der Waals surface area contributed by atoms with Crippen molar-refractivity contribution in [2.45, 2.75) is 103 Å². The van der Waals surface area contributed by atoms with E-state index in [1.165, 1.54) is 77.0 Å². The van der Waals surface area contributed by atoms with Crippen LogP contribution >= 0.6 is 0 Å². The van der Waals surface area contributed by atoms with E-state index >= 15 is 0 Å². The van der Waals surface area contributed by atoms with Gasteiger partial charge in [0.25, 0.3) is 5.97 Å². The fraction of sp³-hybridized carbons (Fsp3) is 0.941. The van der Waals surface area contributed by atoms with Crippen molar-refractivity contribution in [2.24, 2.45) is 0 Å². The van der Waals surface area contributed by atoms with E-state index < -0.39 is 5.97 Å². The average molecular weight is 286 g/mol. The first kappa shape index (κ1) is 19.4. The van der Waals surface area contributed by atoms with Gasteiger partial charge in [0.05, 0.1) is 6.10 Å². The summed E-state index contributed by atoms with van der Waals surface area (Å²) in [6.45, 7) is 1.08. The summed E-state index contributed by atoms with van der Waals surface area (Å²) in [6.07, 6.45) is 18.6. The summed E-state index contributed by atoms with van der Waals surface area (Å²) >= 11 is 0. The van der Waals surface area contributed by atoms with Gasteiger partial charge in [-0.15, -0.1) is 0 Å². The minimum Gasteiger partial charge on any atom is -0.481 e. The molecule has 0 aromatic carbocycles. The van der Waals surface area contributed by atoms with Gasteiger partial charge in [0.2, 0.25) is 0 Å². The highest BCUT2D eigenvalue weighted by Gasteiger charge is 2.04. The molecule has 1 saturated carbocycles. The van der Waals surface area contributed by atoms with Crippen molar-refractivity contribution in [2.75, 3.05) is 0 Å². The van der Waals surface area contributed by atoms with Crippen molar-refractivity contribution in [3.8, 4) is 0 Å². The van der Waals surface area contributed by atoms with E-state index in [9.17, 15) is 5.11 Å². The summed E-state index contributed by atoms with van der Waals surface area (Å²) in [5.41, 5.74) is 0. The molecule has 20 heavy (non-hydrogen) atoms. The van der Waals surface area contributed by atoms with Crippen LogP contribution in [0.4, 0.5) is 0 Å². The van der Waals surface area contributed by atoms with E-state index in [1.54, 1.807) is 0 Å². The lowest BCUT2D eigenvalue weighted by atomic mass is 10.0. The van der Waals surface area contributed by atoms with Crippen molar-refractivity contribution < 1.29 is 15.0 Å². The smallest absolute Gasteiger partial charge is 0.300 e. The van der Waals surface area contributed by atoms with Crippen LogP contribution < -0.4 is 0 Å². The zero-order valence-corrected chi connectivity index (χ0v) is 13.3. The SMILES string of the molecule is CC(=O)O.OC1CCCCCCCCCCCCCC1. The lowest BCUT2D eigenvalue weighted by Gasteiger charge is -2.09. The molecule has 0 unspecified atom stereocenters. The fourth-order valence-corrected chi connectivity index (χ4v) is 2.67. The molecule has 3 nitrogen and oxygen atoms in total. The first-order chi connectivity index (χ1) is 9.63. The topological polar surface area (TPSA) is 57.5 Å². The fourth-order valence-electron chi connectivity index (χ4n) is 2.67. The molecular formula is C17H34O3. The van der Waals surface area contributed by atoms with Gasteiger partial charge in [-0.05, 0) is 12.8 Å². The Hall–Kier alpha value is -0.570. The molecule has 0 saturated heterocycles. The number of aliphatic hydroxyl groups excluding tert-OH is 1. The summed E-state index contributed by atoms with van der Waals surface area (Å²) in [5.74, 6) is -0.833. The summed E-state index contributed by atoms with van der Waals surface area (Å²) < 4.78 is 0. The van der Waals surface area contributed by atoms with E-state index in [0.717, 1.165) is 19.8 Å². The van der Waals surface area contributed by atoms with Gasteiger partial charge in [0.15, 0.2) is 0 Å². The first-order valence-corrected chi connectivity index (χ1v) is 8.50. The molecule has 1 aliphatic rings. The van der Waals surface area contributed by atoms with Crippen LogP contribution in [0.25, 0.3) is 0 Å². The minimum atomic E-state index is -0.833. The second-order valence-corrected chi connectivity index (χ2v) is 5.99. The van der Waals surface area contributed by atoms with Gasteiger partial charge in [-0.1, -0.05) is 77.0 Å². The zero-order chi connectivity index (χ0) is 15.1. The minimum absolute atomic E-state index is 0.00914. The van der Waals surface area contributed by atoms with Crippen molar-refractivity contribution in [1.82, 2.24) is 0 Å². The first-order valence-electron chi connectivity index (χ1n) is 8.50. The molecule has 0 bridgehead atoms. The lowest BCUT2D eigenvalue weighted by molar-refractivity contribution is -0.134. The zero-order valence-electron chi connectivity index (χ0n) is 13.3. The van der Waals surface area contributed by atoms with Gasteiger partial charge in [0, 0.05) is 6.92 Å². The Morgan fingerprint density at radius 2 is 0.900 bits per heavy atom. The summed E-state index contributed by atoms with van der Waals surface area (Å²) in [4.78, 5) is 9.00. The van der Waals surface area contributed by atoms with Crippen LogP contribution in [0.5, 0.6) is 0 Å². The number of carbonyl (C=O) groups is 1. The number of aliphatic carboxylic acids is 1. The molecule has 3 heteroatoms. The third kappa shape index (κ3) is 17.4. The van der Waals surface area contributed by atoms with Gasteiger partial charge in [-0.2, -0.15) is 0 Å². The van der Waals surface area contributed by atoms with Gasteiger partial charge in [0.1, 0.15) is 0 Å². The molecule has 0 atom stereocenters. The highest BCUT2D eigenvalue weighted by atomic mass is 16.4. The molecule has 0 aromatic rings. The molecule has 1 aliphatic carbocycles. The van der Waals surface area contributed by atoms with E-state index in [1.807, 2.05) is 0 Å². The third-order valence-corrected chi connectivity index (χ3v) is 3.82. The Balaban J connectivity index is 0.000000796. The Labute approximate surface area is 124 Å². The molecule has 1 fully saturated rings. The molecule has 0 radical (unpaired) electrons. The quantitative estimate of drug-likeness (QED) is 0.665. The maximum absolute atomic E-state index is 9.77. The lowest BCUT2D eigenvalue weighted by Crippen LogP contribution is -2.05. The molecule has 0 spiro atoms. The van der Waals surface area contributed by atoms with Crippen LogP contribution in [-0.2, 0) is 4.79 Å². The Kier molecular flexibility index (Phi) is 14.4. The van der Waals surface area contributed by atoms with Crippen LogP contribution in [0.15, 0.2) is 0 Å². The maximum atomic E-state index is 9.77. The predicted molar refractivity (Wildman–Crippen MR) is 84.0 cm³/mol. The Morgan fingerprint density at radius 1 is 0.700 bits per heavy atom. The van der Waals surface area contributed by atoms with Crippen molar-refractivity contribution >= 4 is 5.97 Å². The molecular weight excluding hydrogens is 252 g/mol. The van der Waals surface area contributed by atoms with Gasteiger partial charge < -0.3 is 10.2 Å². The molecule has 0 aromatic heterocycles. The normalized spacial score (nSPS) is 20.9. The number of rotatable bonds is 0. The molecule has 0 aliphatic heterocycles. The Bertz CT molecular complexity index is 196. The highest BCUT2D eigenvalue weighted by molar-refractivity contribution is 5.62. The Morgan fingerprint density at radius 3 is 1.15 bits per heavy atom. The number of hydrogen-bond donors (Lipinski definition) is 2. The summed E-state index contributed by atoms with van der Waals surface area (Å²) in [5, 5.41) is 17.2. The van der Waals surface area contributed by atoms with Crippen LogP contribution in [0.2, 0.25) is 0 Å². The second-order valence-electron chi connectivity index (χ2n) is 5.99. The molecule has 2 N–H and O–H groups in total. The summed E-state index contributed by atoms with van der Waals surface area (Å²) in [6, 6.07) is 0. The maximum Gasteiger partial charge on any atom is 0.300 e. The third-order valence-electron chi connectivity index (χ3n) is 3.82. The van der Waals surface area contributed by atoms with Crippen LogP contribution in [0.3, 0.4) is 0 Å². The highest BCUT2D eigenvalue weighted by Crippen LogP contribution is 2.16. The van der Waals surface area contributed by atoms with Gasteiger partial charge in [-0.25, -0.2) is 0 Å². The van der Waals surface area contributed by atoms with Crippen LogP contribution in [0, 0.1) is 0 Å². The van der Waals surface area contributed by atoms with E-state index in [2.05, 4.69) is 0 Å². The van der Waals surface area contributed by atoms with Crippen LogP contribution in [0.1, 0.15) is 96.8 Å². The largest absolute Gasteiger partial charge is 0.481 e. The number of carboxylic acids is 1. The van der Waals surface area contributed by atoms with Crippen molar-refractivity contribution in [3.63, 3.8) is 0 Å². The number of hydrogen-bond acceptors (Lipinski definition) is 2. The second kappa shape index (κ2) is 14.8. The van der Waals surface area contributed by atoms with E-state index in [4.69, 9.17) is 9.90 Å². The molecule has 0 heterocycles. The predicted octanol–water partition coefficient (Wildman–Crippen LogP) is 4.91. The van der Waals surface area contributed by atoms with Gasteiger partial charge >= 0.3 is 0 Å². The molecule has 1 rings (SSSR count). The average Bonchev–Trinajstić information content (AvgIpc) is 2.38. The molecule has 0 amide bonds. The molecule has 120 valence electrons. The van der Waals surface area contributed by atoms with E-state index in [0.29, 0.717) is 0 Å². The van der Waals surface area contributed by atoms with Crippen molar-refractivity contribution in [3.05, 3.63) is 0 Å². The number of aliphatic hydroxyl groups is 1. The van der Waals surface area contributed by atoms with E-state index in [-0.39, 0.29) is 6.10 Å². The number of carboxylic acid groups (broad SMARTS) is 1. The summed E-state index contributed by atoms with van der Waals surface area (Å²) in [7, 11) is 0.